The second-order valence-corrected chi connectivity index (χ2v) is 6.45. The van der Waals surface area contributed by atoms with Gasteiger partial charge < -0.3 is 9.64 Å². The van der Waals surface area contributed by atoms with Crippen molar-refractivity contribution >= 4 is 31.9 Å². The number of likely N-dealkylation sites (N-methyl/N-ethyl adjacent to an activating group) is 1. The highest BCUT2D eigenvalue weighted by atomic mass is 79.9. The molecule has 0 atom stereocenters. The first-order chi connectivity index (χ1) is 11.1. The molecule has 0 fully saturated rings. The number of rotatable bonds is 7. The third-order valence-electron chi connectivity index (χ3n) is 3.49. The summed E-state index contributed by atoms with van der Waals surface area (Å²) in [6, 6.07) is 9.27. The number of ether oxygens (including phenoxy) is 1. The third kappa shape index (κ3) is 4.43. The van der Waals surface area contributed by atoms with E-state index in [1.165, 1.54) is 4.68 Å². The van der Waals surface area contributed by atoms with E-state index in [2.05, 4.69) is 55.7 Å². The molecule has 7 heteroatoms. The molecule has 1 aromatic carbocycles. The Kier molecular flexibility index (Phi) is 6.80. The summed E-state index contributed by atoms with van der Waals surface area (Å²) in [7, 11) is 0. The molecule has 0 aliphatic heterocycles. The number of halogens is 2. The quantitative estimate of drug-likeness (QED) is 0.655. The molecule has 0 saturated carbocycles. The van der Waals surface area contributed by atoms with Gasteiger partial charge in [0.2, 0.25) is 5.88 Å². The highest BCUT2D eigenvalue weighted by molar-refractivity contribution is 9.13. The molecule has 124 valence electrons. The van der Waals surface area contributed by atoms with E-state index in [-0.39, 0.29) is 5.56 Å². The highest BCUT2D eigenvalue weighted by Crippen LogP contribution is 2.28. The van der Waals surface area contributed by atoms with Crippen LogP contribution in [0.5, 0.6) is 5.88 Å². The Balaban J connectivity index is 2.27. The van der Waals surface area contributed by atoms with Crippen LogP contribution in [0.25, 0.3) is 5.69 Å². The minimum atomic E-state index is -0.237. The van der Waals surface area contributed by atoms with Crippen LogP contribution >= 0.6 is 31.9 Å². The van der Waals surface area contributed by atoms with Gasteiger partial charge in [0.1, 0.15) is 15.6 Å². The average molecular weight is 445 g/mol. The van der Waals surface area contributed by atoms with E-state index in [0.717, 1.165) is 19.6 Å². The number of aromatic nitrogens is 2. The minimum Gasteiger partial charge on any atom is -0.474 e. The summed E-state index contributed by atoms with van der Waals surface area (Å²) in [6.07, 6.45) is 0. The molecule has 2 aromatic rings. The van der Waals surface area contributed by atoms with Gasteiger partial charge in [0.15, 0.2) is 0 Å². The summed E-state index contributed by atoms with van der Waals surface area (Å²) in [4.78, 5) is 14.6. The zero-order valence-electron chi connectivity index (χ0n) is 13.1. The normalized spacial score (nSPS) is 11.0. The van der Waals surface area contributed by atoms with Crippen molar-refractivity contribution in [1.82, 2.24) is 14.7 Å². The fraction of sp³-hybridized carbons (Fsp3) is 0.375. The summed E-state index contributed by atoms with van der Waals surface area (Å²) in [5.41, 5.74) is 0.457. The lowest BCUT2D eigenvalue weighted by Gasteiger charge is -2.18. The Bertz CT molecular complexity index is 700. The van der Waals surface area contributed by atoms with Crippen molar-refractivity contribution in [3.63, 3.8) is 0 Å². The number of hydrogen-bond donors (Lipinski definition) is 0. The summed E-state index contributed by atoms with van der Waals surface area (Å²) >= 11 is 6.69. The molecule has 0 amide bonds. The summed E-state index contributed by atoms with van der Waals surface area (Å²) < 4.78 is 8.05. The molecule has 23 heavy (non-hydrogen) atoms. The van der Waals surface area contributed by atoms with Crippen molar-refractivity contribution in [2.45, 2.75) is 13.8 Å². The van der Waals surface area contributed by atoms with Gasteiger partial charge in [-0.1, -0.05) is 32.0 Å². The number of hydrogen-bond acceptors (Lipinski definition) is 4. The molecule has 0 aliphatic rings. The van der Waals surface area contributed by atoms with Gasteiger partial charge in [-0.2, -0.15) is 4.68 Å². The summed E-state index contributed by atoms with van der Waals surface area (Å²) in [5, 5.41) is 4.34. The lowest BCUT2D eigenvalue weighted by atomic mass is 10.3. The zero-order valence-corrected chi connectivity index (χ0v) is 16.3. The summed E-state index contributed by atoms with van der Waals surface area (Å²) in [5.74, 6) is 0.396. The topological polar surface area (TPSA) is 47.4 Å². The van der Waals surface area contributed by atoms with Crippen molar-refractivity contribution < 1.29 is 4.74 Å². The Morgan fingerprint density at radius 3 is 2.39 bits per heavy atom. The number of para-hydroxylation sites is 1. The van der Waals surface area contributed by atoms with Crippen LogP contribution in [0, 0.1) is 0 Å². The monoisotopic (exact) mass is 443 g/mol. The van der Waals surface area contributed by atoms with E-state index in [9.17, 15) is 4.79 Å². The van der Waals surface area contributed by atoms with Gasteiger partial charge in [0, 0.05) is 6.54 Å². The maximum atomic E-state index is 12.4. The Hall–Kier alpha value is -1.18. The first-order valence-corrected chi connectivity index (χ1v) is 9.06. The van der Waals surface area contributed by atoms with E-state index in [1.54, 1.807) is 0 Å². The van der Waals surface area contributed by atoms with Gasteiger partial charge in [0.05, 0.1) is 5.69 Å². The van der Waals surface area contributed by atoms with E-state index in [1.807, 2.05) is 30.3 Å². The van der Waals surface area contributed by atoms with Crippen molar-refractivity contribution in [3.8, 4) is 11.6 Å². The predicted octanol–water partition coefficient (Wildman–Crippen LogP) is 3.48. The van der Waals surface area contributed by atoms with E-state index < -0.39 is 0 Å². The van der Waals surface area contributed by atoms with Crippen molar-refractivity contribution in [2.75, 3.05) is 26.2 Å². The van der Waals surface area contributed by atoms with Crippen LogP contribution < -0.4 is 10.3 Å². The standard InChI is InChI=1S/C16H19Br2N3O2/c1-3-20(4-2)10-11-23-15-13(17)14(18)16(22)21(19-15)12-8-6-5-7-9-12/h5-9H,3-4,10-11H2,1-2H3. The van der Waals surface area contributed by atoms with Gasteiger partial charge in [0.25, 0.3) is 5.56 Å². The molecule has 5 nitrogen and oxygen atoms in total. The van der Waals surface area contributed by atoms with Gasteiger partial charge >= 0.3 is 0 Å². The molecule has 0 aliphatic carbocycles. The molecule has 2 rings (SSSR count). The average Bonchev–Trinajstić information content (AvgIpc) is 2.59. The first-order valence-electron chi connectivity index (χ1n) is 7.47. The Morgan fingerprint density at radius 2 is 1.78 bits per heavy atom. The molecule has 0 radical (unpaired) electrons. The van der Waals surface area contributed by atoms with E-state index in [0.29, 0.717) is 27.1 Å². The van der Waals surface area contributed by atoms with Crippen molar-refractivity contribution in [1.29, 1.82) is 0 Å². The van der Waals surface area contributed by atoms with Gasteiger partial charge in [-0.3, -0.25) is 4.79 Å². The molecule has 0 bridgehead atoms. The molecule has 1 aromatic heterocycles. The molecule has 1 heterocycles. The van der Waals surface area contributed by atoms with Crippen LogP contribution in [0.4, 0.5) is 0 Å². The predicted molar refractivity (Wildman–Crippen MR) is 98.5 cm³/mol. The van der Waals surface area contributed by atoms with Crippen LogP contribution in [0.1, 0.15) is 13.8 Å². The molecule has 0 N–H and O–H groups in total. The lowest BCUT2D eigenvalue weighted by Crippen LogP contribution is -2.29. The fourth-order valence-corrected chi connectivity index (χ4v) is 2.81. The Morgan fingerprint density at radius 1 is 1.13 bits per heavy atom. The maximum Gasteiger partial charge on any atom is 0.287 e. The van der Waals surface area contributed by atoms with Crippen LogP contribution in [-0.4, -0.2) is 40.9 Å². The van der Waals surface area contributed by atoms with Crippen molar-refractivity contribution in [3.05, 3.63) is 49.6 Å². The second-order valence-electron chi connectivity index (χ2n) is 4.86. The number of benzene rings is 1. The zero-order chi connectivity index (χ0) is 16.8. The molecular weight excluding hydrogens is 426 g/mol. The Labute approximate surface area is 152 Å². The molecule has 0 unspecified atom stereocenters. The largest absolute Gasteiger partial charge is 0.474 e. The van der Waals surface area contributed by atoms with E-state index >= 15 is 0 Å². The van der Waals surface area contributed by atoms with Crippen LogP contribution in [0.3, 0.4) is 0 Å². The highest BCUT2D eigenvalue weighted by Gasteiger charge is 2.16. The molecule has 0 saturated heterocycles. The second kappa shape index (κ2) is 8.61. The fourth-order valence-electron chi connectivity index (χ4n) is 2.11. The lowest BCUT2D eigenvalue weighted by molar-refractivity contribution is 0.214. The molecule has 0 spiro atoms. The third-order valence-corrected chi connectivity index (χ3v) is 5.50. The number of nitrogens with zero attached hydrogens (tertiary/aromatic N) is 3. The summed E-state index contributed by atoms with van der Waals surface area (Å²) in [6.45, 7) is 7.49. The minimum absolute atomic E-state index is 0.237. The SMILES string of the molecule is CCN(CC)CCOc1nn(-c2ccccc2)c(=O)c(Br)c1Br. The van der Waals surface area contributed by atoms with Crippen LogP contribution in [-0.2, 0) is 0 Å². The van der Waals surface area contributed by atoms with Crippen molar-refractivity contribution in [2.24, 2.45) is 0 Å². The maximum absolute atomic E-state index is 12.4. The smallest absolute Gasteiger partial charge is 0.287 e. The molecular formula is C16H19Br2N3O2. The first kappa shape index (κ1) is 18.2. The van der Waals surface area contributed by atoms with Crippen LogP contribution in [0.15, 0.2) is 44.1 Å². The van der Waals surface area contributed by atoms with Gasteiger partial charge in [-0.15, -0.1) is 5.10 Å². The van der Waals surface area contributed by atoms with Crippen LogP contribution in [0.2, 0.25) is 0 Å². The van der Waals surface area contributed by atoms with Gasteiger partial charge in [-0.25, -0.2) is 0 Å². The van der Waals surface area contributed by atoms with E-state index in [4.69, 9.17) is 4.74 Å². The van der Waals surface area contributed by atoms with Gasteiger partial charge in [-0.05, 0) is 57.1 Å².